The molecule has 0 aromatic heterocycles. The highest BCUT2D eigenvalue weighted by Gasteiger charge is 2.30. The van der Waals surface area contributed by atoms with Crippen LogP contribution in [0.2, 0.25) is 0 Å². The minimum atomic E-state index is -1.33. The van der Waals surface area contributed by atoms with Crippen LogP contribution in [0.4, 0.5) is 0 Å². The van der Waals surface area contributed by atoms with Gasteiger partial charge >= 0.3 is 0 Å². The van der Waals surface area contributed by atoms with Gasteiger partial charge in [-0.05, 0) is 6.42 Å². The lowest BCUT2D eigenvalue weighted by Crippen LogP contribution is -2.38. The quantitative estimate of drug-likeness (QED) is 0.548. The highest BCUT2D eigenvalue weighted by molar-refractivity contribution is 6.58. The number of hydrogen-bond donors (Lipinski definition) is 1. The second-order valence-electron chi connectivity index (χ2n) is 2.00. The van der Waals surface area contributed by atoms with E-state index >= 15 is 0 Å². The summed E-state index contributed by atoms with van der Waals surface area (Å²) in [5.74, 6) is -0.426. The zero-order valence-corrected chi connectivity index (χ0v) is 8.00. The number of amides is 1. The summed E-state index contributed by atoms with van der Waals surface area (Å²) in [6.07, 6.45) is 0.367. The van der Waals surface area contributed by atoms with Crippen LogP contribution < -0.4 is 5.32 Å². The fourth-order valence-electron chi connectivity index (χ4n) is 0.428. The van der Waals surface area contributed by atoms with Gasteiger partial charge in [0, 0.05) is 7.11 Å². The van der Waals surface area contributed by atoms with Crippen LogP contribution in [0.25, 0.3) is 0 Å². The van der Waals surface area contributed by atoms with Crippen LogP contribution in [-0.2, 0) is 9.53 Å². The molecule has 3 nitrogen and oxygen atoms in total. The predicted octanol–water partition coefficient (Wildman–Crippen LogP) is 1.29. The summed E-state index contributed by atoms with van der Waals surface area (Å²) >= 11 is 11.2. The van der Waals surface area contributed by atoms with Gasteiger partial charge < -0.3 is 10.1 Å². The minimum absolute atomic E-state index is 0.125. The van der Waals surface area contributed by atoms with Gasteiger partial charge in [0.1, 0.15) is 6.73 Å². The molecule has 0 atom stereocenters. The molecule has 0 aliphatic carbocycles. The highest BCUT2D eigenvalue weighted by Crippen LogP contribution is 2.24. The fraction of sp³-hybridized carbons (Fsp3) is 0.833. The summed E-state index contributed by atoms with van der Waals surface area (Å²) in [5.41, 5.74) is 0. The average Bonchev–Trinajstić information content (AvgIpc) is 2.00. The van der Waals surface area contributed by atoms with Gasteiger partial charge in [-0.15, -0.1) is 0 Å². The Hall–Kier alpha value is 0.01000. The average molecular weight is 200 g/mol. The lowest BCUT2D eigenvalue weighted by molar-refractivity contribution is -0.123. The maximum Gasteiger partial charge on any atom is 0.258 e. The molecule has 0 unspecified atom stereocenters. The van der Waals surface area contributed by atoms with Gasteiger partial charge in [-0.3, -0.25) is 4.79 Å². The highest BCUT2D eigenvalue weighted by atomic mass is 35.5. The first kappa shape index (κ1) is 11.0. The first-order chi connectivity index (χ1) is 5.04. The Morgan fingerprint density at radius 3 is 2.55 bits per heavy atom. The number of rotatable bonds is 4. The zero-order valence-electron chi connectivity index (χ0n) is 6.49. The Morgan fingerprint density at radius 2 is 2.18 bits per heavy atom. The van der Waals surface area contributed by atoms with E-state index in [-0.39, 0.29) is 6.73 Å². The van der Waals surface area contributed by atoms with Crippen LogP contribution in [0.1, 0.15) is 13.3 Å². The Balaban J connectivity index is 3.82. The van der Waals surface area contributed by atoms with E-state index in [4.69, 9.17) is 23.2 Å². The summed E-state index contributed by atoms with van der Waals surface area (Å²) in [6, 6.07) is 0. The van der Waals surface area contributed by atoms with Gasteiger partial charge in [0.2, 0.25) is 0 Å². The third kappa shape index (κ3) is 3.79. The standard InChI is InChI=1S/C6H11Cl2NO2/c1-3-6(7,8)5(10)9-4-11-2/h3-4H2,1-2H3,(H,9,10). The molecule has 0 aliphatic heterocycles. The Morgan fingerprint density at radius 1 is 1.64 bits per heavy atom. The fourth-order valence-corrected chi connectivity index (χ4v) is 0.561. The number of alkyl halides is 2. The Bertz CT molecular complexity index is 139. The van der Waals surface area contributed by atoms with Crippen LogP contribution in [0.15, 0.2) is 0 Å². The van der Waals surface area contributed by atoms with Gasteiger partial charge in [0.15, 0.2) is 4.33 Å². The number of nitrogens with one attached hydrogen (secondary N) is 1. The number of hydrogen-bond acceptors (Lipinski definition) is 2. The van der Waals surface area contributed by atoms with Crippen LogP contribution in [0, 0.1) is 0 Å². The van der Waals surface area contributed by atoms with E-state index in [1.807, 2.05) is 0 Å². The molecular weight excluding hydrogens is 189 g/mol. The van der Waals surface area contributed by atoms with Crippen molar-refractivity contribution in [3.8, 4) is 0 Å². The van der Waals surface area contributed by atoms with Crippen molar-refractivity contribution in [1.29, 1.82) is 0 Å². The van der Waals surface area contributed by atoms with Gasteiger partial charge in [0.25, 0.3) is 5.91 Å². The van der Waals surface area contributed by atoms with E-state index in [2.05, 4.69) is 10.1 Å². The predicted molar refractivity (Wildman–Crippen MR) is 44.7 cm³/mol. The van der Waals surface area contributed by atoms with Gasteiger partial charge in [-0.1, -0.05) is 30.1 Å². The van der Waals surface area contributed by atoms with E-state index in [0.29, 0.717) is 6.42 Å². The maximum absolute atomic E-state index is 11.0. The van der Waals surface area contributed by atoms with E-state index in [0.717, 1.165) is 0 Å². The van der Waals surface area contributed by atoms with Crippen LogP contribution in [-0.4, -0.2) is 24.1 Å². The van der Waals surface area contributed by atoms with Crippen LogP contribution >= 0.6 is 23.2 Å². The van der Waals surface area contributed by atoms with Crippen molar-refractivity contribution in [3.05, 3.63) is 0 Å². The van der Waals surface area contributed by atoms with Gasteiger partial charge in [-0.2, -0.15) is 0 Å². The van der Waals surface area contributed by atoms with Gasteiger partial charge in [-0.25, -0.2) is 0 Å². The molecule has 0 saturated carbocycles. The summed E-state index contributed by atoms with van der Waals surface area (Å²) in [6.45, 7) is 1.85. The summed E-state index contributed by atoms with van der Waals surface area (Å²) in [4.78, 5) is 11.0. The molecule has 0 spiro atoms. The summed E-state index contributed by atoms with van der Waals surface area (Å²) in [7, 11) is 1.47. The van der Waals surface area contributed by atoms with Crippen LogP contribution in [0.3, 0.4) is 0 Å². The number of carbonyl (C=O) groups is 1. The summed E-state index contributed by atoms with van der Waals surface area (Å²) in [5, 5.41) is 2.40. The molecule has 1 N–H and O–H groups in total. The van der Waals surface area contributed by atoms with E-state index in [1.54, 1.807) is 6.92 Å². The number of methoxy groups -OCH3 is 1. The third-order valence-corrected chi connectivity index (χ3v) is 2.03. The van der Waals surface area contributed by atoms with Crippen molar-refractivity contribution < 1.29 is 9.53 Å². The molecule has 0 aliphatic rings. The molecule has 0 rings (SSSR count). The van der Waals surface area contributed by atoms with Crippen molar-refractivity contribution in [3.63, 3.8) is 0 Å². The monoisotopic (exact) mass is 199 g/mol. The van der Waals surface area contributed by atoms with Crippen molar-refractivity contribution in [1.82, 2.24) is 5.32 Å². The lowest BCUT2D eigenvalue weighted by Gasteiger charge is -2.15. The molecule has 0 bridgehead atoms. The first-order valence-corrected chi connectivity index (χ1v) is 3.95. The normalized spacial score (nSPS) is 11.3. The van der Waals surface area contributed by atoms with Crippen molar-refractivity contribution in [2.75, 3.05) is 13.8 Å². The van der Waals surface area contributed by atoms with E-state index in [9.17, 15) is 4.79 Å². The summed E-state index contributed by atoms with van der Waals surface area (Å²) < 4.78 is 3.27. The lowest BCUT2D eigenvalue weighted by atomic mass is 10.3. The molecule has 0 saturated heterocycles. The first-order valence-electron chi connectivity index (χ1n) is 3.19. The van der Waals surface area contributed by atoms with E-state index in [1.165, 1.54) is 7.11 Å². The number of carbonyl (C=O) groups excluding carboxylic acids is 1. The molecule has 5 heteroatoms. The molecule has 0 heterocycles. The van der Waals surface area contributed by atoms with Crippen molar-refractivity contribution in [2.45, 2.75) is 17.7 Å². The zero-order chi connectivity index (χ0) is 8.91. The van der Waals surface area contributed by atoms with Gasteiger partial charge in [0.05, 0.1) is 0 Å². The Kier molecular flexibility index (Phi) is 4.81. The molecule has 0 radical (unpaired) electrons. The molecule has 0 aromatic rings. The molecule has 11 heavy (non-hydrogen) atoms. The molecule has 0 fully saturated rings. The topological polar surface area (TPSA) is 38.3 Å². The second-order valence-corrected chi connectivity index (χ2v) is 3.48. The Labute approximate surface area is 76.0 Å². The minimum Gasteiger partial charge on any atom is -0.364 e. The number of halogens is 2. The second kappa shape index (κ2) is 4.80. The largest absolute Gasteiger partial charge is 0.364 e. The van der Waals surface area contributed by atoms with E-state index < -0.39 is 10.2 Å². The van der Waals surface area contributed by atoms with Crippen molar-refractivity contribution in [2.24, 2.45) is 0 Å². The number of ether oxygens (including phenoxy) is 1. The smallest absolute Gasteiger partial charge is 0.258 e. The third-order valence-electron chi connectivity index (χ3n) is 1.15. The van der Waals surface area contributed by atoms with Crippen LogP contribution in [0.5, 0.6) is 0 Å². The molecule has 1 amide bonds. The van der Waals surface area contributed by atoms with Crippen molar-refractivity contribution >= 4 is 29.1 Å². The molecule has 66 valence electrons. The SMILES string of the molecule is CCC(Cl)(Cl)C(=O)NCOC. The maximum atomic E-state index is 11.0. The molecular formula is C6H11Cl2NO2. The molecule has 0 aromatic carbocycles.